The van der Waals surface area contributed by atoms with E-state index in [0.29, 0.717) is 0 Å². The van der Waals surface area contributed by atoms with Gasteiger partial charge in [0.05, 0.1) is 13.3 Å². The maximum atomic E-state index is 11.4. The van der Waals surface area contributed by atoms with Gasteiger partial charge in [-0.15, -0.1) is 16.2 Å². The second-order valence-corrected chi connectivity index (χ2v) is 11.6. The zero-order valence-electron chi connectivity index (χ0n) is 11.0. The van der Waals surface area contributed by atoms with Gasteiger partial charge in [-0.05, 0) is 10.6 Å². The molecule has 0 spiro atoms. The Hall–Kier alpha value is -1.54. The van der Waals surface area contributed by atoms with Crippen LogP contribution in [0.3, 0.4) is 0 Å². The first-order valence-corrected chi connectivity index (χ1v) is 9.97. The Kier molecular flexibility index (Phi) is 4.95. The third-order valence-corrected chi connectivity index (χ3v) is 7.30. The Morgan fingerprint density at radius 2 is 2.05 bits per heavy atom. The lowest BCUT2D eigenvalue weighted by Gasteiger charge is -2.13. The molecule has 1 rings (SSSR count). The summed E-state index contributed by atoms with van der Waals surface area (Å²) in [5.41, 5.74) is 5.29. The van der Waals surface area contributed by atoms with E-state index in [4.69, 9.17) is 5.73 Å². The van der Waals surface area contributed by atoms with Gasteiger partial charge in [0, 0.05) is 4.88 Å². The molecule has 0 fully saturated rings. The molecule has 0 radical (unpaired) electrons. The number of ether oxygens (including phenoxy) is 1. The molecule has 0 aliphatic heterocycles. The average molecular weight is 300 g/mol. The highest BCUT2D eigenvalue weighted by molar-refractivity contribution is 7.26. The highest BCUT2D eigenvalue weighted by Gasteiger charge is 2.25. The lowest BCUT2D eigenvalue weighted by molar-refractivity contribution is -0.120. The number of thiophene rings is 1. The van der Waals surface area contributed by atoms with Crippen molar-refractivity contribution in [3.63, 3.8) is 0 Å². The second kappa shape index (κ2) is 6.07. The number of amides is 2. The van der Waals surface area contributed by atoms with Crippen molar-refractivity contribution in [2.75, 3.05) is 6.61 Å². The summed E-state index contributed by atoms with van der Waals surface area (Å²) in [7, 11) is -1.45. The number of hydrogen-bond acceptors (Lipinski definition) is 5. The highest BCUT2D eigenvalue weighted by atomic mass is 32.1. The SMILES string of the molecule is C[Si](C)(C)c1ccc(C(COC(=O)N=O)C(N)=O)s1. The molecule has 0 aromatic carbocycles. The van der Waals surface area contributed by atoms with Crippen molar-refractivity contribution in [3.05, 3.63) is 21.9 Å². The summed E-state index contributed by atoms with van der Waals surface area (Å²) in [4.78, 5) is 32.8. The van der Waals surface area contributed by atoms with Crippen LogP contribution in [0.5, 0.6) is 0 Å². The predicted molar refractivity (Wildman–Crippen MR) is 76.4 cm³/mol. The van der Waals surface area contributed by atoms with Crippen LogP contribution in [0.2, 0.25) is 19.6 Å². The van der Waals surface area contributed by atoms with Crippen LogP contribution in [0.15, 0.2) is 17.3 Å². The molecule has 2 amide bonds. The van der Waals surface area contributed by atoms with Gasteiger partial charge < -0.3 is 10.5 Å². The molecule has 1 aromatic heterocycles. The van der Waals surface area contributed by atoms with E-state index in [-0.39, 0.29) is 6.61 Å². The molecule has 19 heavy (non-hydrogen) atoms. The number of nitrogens with zero attached hydrogens (tertiary/aromatic N) is 1. The summed E-state index contributed by atoms with van der Waals surface area (Å²) < 4.78 is 5.79. The summed E-state index contributed by atoms with van der Waals surface area (Å²) in [5, 5.41) is 2.10. The van der Waals surface area contributed by atoms with Gasteiger partial charge >= 0.3 is 6.09 Å². The monoisotopic (exact) mass is 300 g/mol. The van der Waals surface area contributed by atoms with Crippen LogP contribution < -0.4 is 10.2 Å². The quantitative estimate of drug-likeness (QED) is 0.661. The lowest BCUT2D eigenvalue weighted by atomic mass is 10.1. The van der Waals surface area contributed by atoms with Crippen molar-refractivity contribution in [2.45, 2.75) is 25.6 Å². The third-order valence-electron chi connectivity index (χ3n) is 2.50. The minimum atomic E-state index is -1.45. The van der Waals surface area contributed by atoms with Crippen molar-refractivity contribution in [1.29, 1.82) is 0 Å². The molecule has 1 atom stereocenters. The van der Waals surface area contributed by atoms with Crippen LogP contribution in [0, 0.1) is 4.91 Å². The maximum absolute atomic E-state index is 11.4. The highest BCUT2D eigenvalue weighted by Crippen LogP contribution is 2.22. The molecule has 0 bridgehead atoms. The topological polar surface area (TPSA) is 98.8 Å². The van der Waals surface area contributed by atoms with E-state index in [1.807, 2.05) is 12.1 Å². The van der Waals surface area contributed by atoms with Crippen LogP contribution in [-0.4, -0.2) is 26.7 Å². The molecule has 1 aromatic rings. The van der Waals surface area contributed by atoms with Crippen LogP contribution in [0.4, 0.5) is 4.79 Å². The van der Waals surface area contributed by atoms with E-state index in [1.54, 1.807) is 0 Å². The van der Waals surface area contributed by atoms with Crippen LogP contribution in [0.25, 0.3) is 0 Å². The summed E-state index contributed by atoms with van der Waals surface area (Å²) >= 11 is 1.50. The molecule has 104 valence electrons. The third kappa shape index (κ3) is 4.25. The Balaban J connectivity index is 2.88. The number of rotatable bonds is 5. The Morgan fingerprint density at radius 1 is 1.42 bits per heavy atom. The molecular formula is C11H16N2O4SSi. The summed E-state index contributed by atoms with van der Waals surface area (Å²) in [6.45, 7) is 6.32. The molecular weight excluding hydrogens is 284 g/mol. The minimum absolute atomic E-state index is 0.258. The Labute approximate surface area is 115 Å². The Bertz CT molecular complexity index is 495. The van der Waals surface area contributed by atoms with Crippen molar-refractivity contribution in [2.24, 2.45) is 10.9 Å². The molecule has 0 saturated carbocycles. The van der Waals surface area contributed by atoms with E-state index in [2.05, 4.69) is 29.6 Å². The van der Waals surface area contributed by atoms with Gasteiger partial charge in [-0.1, -0.05) is 25.7 Å². The number of nitroso groups, excluding NO2 is 1. The smallest absolute Gasteiger partial charge is 0.445 e. The number of carbonyl (C=O) groups is 2. The van der Waals surface area contributed by atoms with Crippen molar-refractivity contribution in [3.8, 4) is 0 Å². The van der Waals surface area contributed by atoms with E-state index in [1.165, 1.54) is 15.8 Å². The van der Waals surface area contributed by atoms with Crippen LogP contribution in [0.1, 0.15) is 10.8 Å². The molecule has 1 heterocycles. The largest absolute Gasteiger partial charge is 0.470 e. The summed E-state index contributed by atoms with van der Waals surface area (Å²) in [6, 6.07) is 3.79. The van der Waals surface area contributed by atoms with Gasteiger partial charge in [-0.3, -0.25) is 4.79 Å². The molecule has 0 aliphatic carbocycles. The van der Waals surface area contributed by atoms with Gasteiger partial charge in [0.25, 0.3) is 0 Å². The molecule has 0 aliphatic rings. The number of hydrogen-bond donors (Lipinski definition) is 1. The normalized spacial score (nSPS) is 12.8. The fourth-order valence-electron chi connectivity index (χ4n) is 1.43. The first-order valence-electron chi connectivity index (χ1n) is 5.65. The van der Waals surface area contributed by atoms with E-state index < -0.39 is 26.0 Å². The van der Waals surface area contributed by atoms with E-state index >= 15 is 0 Å². The van der Waals surface area contributed by atoms with Crippen molar-refractivity contribution >= 4 is 35.9 Å². The second-order valence-electron chi connectivity index (χ2n) is 5.08. The van der Waals surface area contributed by atoms with E-state index in [0.717, 1.165) is 4.88 Å². The zero-order chi connectivity index (χ0) is 14.6. The van der Waals surface area contributed by atoms with Gasteiger partial charge in [-0.25, -0.2) is 4.79 Å². The summed E-state index contributed by atoms with van der Waals surface area (Å²) in [6.07, 6.45) is -1.24. The maximum Gasteiger partial charge on any atom is 0.470 e. The van der Waals surface area contributed by atoms with Crippen molar-refractivity contribution in [1.82, 2.24) is 0 Å². The average Bonchev–Trinajstić information content (AvgIpc) is 2.77. The van der Waals surface area contributed by atoms with Gasteiger partial charge in [-0.2, -0.15) is 0 Å². The van der Waals surface area contributed by atoms with Crippen LogP contribution >= 0.6 is 11.3 Å². The zero-order valence-corrected chi connectivity index (χ0v) is 12.8. The summed E-state index contributed by atoms with van der Waals surface area (Å²) in [5.74, 6) is -1.33. The van der Waals surface area contributed by atoms with Gasteiger partial charge in [0.2, 0.25) is 5.91 Å². The molecule has 8 heteroatoms. The standard InChI is InChI=1S/C11H16N2O4SSi/c1-19(2,3)9-5-4-8(18-9)7(10(12)14)6-17-11(15)13-16/h4-5,7H,6H2,1-3H3,(H2,12,14). The molecule has 6 nitrogen and oxygen atoms in total. The number of primary amides is 1. The fourth-order valence-corrected chi connectivity index (χ4v) is 4.44. The molecule has 0 saturated heterocycles. The number of nitrogens with two attached hydrogens (primary N) is 1. The number of carbonyl (C=O) groups excluding carboxylic acids is 2. The first-order chi connectivity index (χ1) is 8.75. The van der Waals surface area contributed by atoms with Gasteiger partial charge in [0.1, 0.15) is 12.5 Å². The Morgan fingerprint density at radius 3 is 2.47 bits per heavy atom. The van der Waals surface area contributed by atoms with Crippen molar-refractivity contribution < 1.29 is 14.3 Å². The fraction of sp³-hybridized carbons (Fsp3) is 0.455. The predicted octanol–water partition coefficient (Wildman–Crippen LogP) is 1.77. The molecule has 2 N–H and O–H groups in total. The van der Waals surface area contributed by atoms with Crippen LogP contribution in [-0.2, 0) is 9.53 Å². The van der Waals surface area contributed by atoms with E-state index in [9.17, 15) is 14.5 Å². The first kappa shape index (κ1) is 15.5. The lowest BCUT2D eigenvalue weighted by Crippen LogP contribution is -2.34. The molecule has 1 unspecified atom stereocenters. The minimum Gasteiger partial charge on any atom is -0.445 e. The van der Waals surface area contributed by atoms with Gasteiger partial charge in [0.15, 0.2) is 0 Å².